The van der Waals surface area contributed by atoms with Crippen LogP contribution in [0.5, 0.6) is 0 Å². The van der Waals surface area contributed by atoms with Crippen molar-refractivity contribution in [2.24, 2.45) is 0 Å². The molecule has 0 aromatic heterocycles. The maximum atomic E-state index is 13.1. The minimum absolute atomic E-state index is 0.0234. The van der Waals surface area contributed by atoms with Gasteiger partial charge in [0.25, 0.3) is 0 Å². The van der Waals surface area contributed by atoms with Crippen LogP contribution in [0.15, 0.2) is 12.1 Å². The van der Waals surface area contributed by atoms with Crippen molar-refractivity contribution in [1.29, 1.82) is 0 Å². The summed E-state index contributed by atoms with van der Waals surface area (Å²) < 4.78 is 38.8. The monoisotopic (exact) mass is 246 g/mol. The summed E-state index contributed by atoms with van der Waals surface area (Å²) in [7, 11) is 0. The van der Waals surface area contributed by atoms with Crippen LogP contribution in [0.25, 0.3) is 0 Å². The molecule has 0 aliphatic heterocycles. The lowest BCUT2D eigenvalue weighted by Gasteiger charge is -2.03. The zero-order valence-corrected chi connectivity index (χ0v) is 8.67. The number of carbonyl (C=O) groups excluding carboxylic acids is 1. The molecule has 0 bridgehead atoms. The molecule has 1 aromatic rings. The van der Waals surface area contributed by atoms with Gasteiger partial charge < -0.3 is 5.11 Å². The molecule has 1 N–H and O–H groups in total. The highest BCUT2D eigenvalue weighted by Crippen LogP contribution is 2.17. The number of hydrogen-bond acceptors (Lipinski definition) is 2. The summed E-state index contributed by atoms with van der Waals surface area (Å²) in [6, 6.07) is 0.820. The van der Waals surface area contributed by atoms with Gasteiger partial charge in [-0.05, 0) is 6.42 Å². The minimum atomic E-state index is -1.28. The van der Waals surface area contributed by atoms with Gasteiger partial charge in [0.05, 0.1) is 5.56 Å². The second kappa shape index (κ2) is 5.47. The molecule has 0 saturated carbocycles. The van der Waals surface area contributed by atoms with E-state index in [-0.39, 0.29) is 19.3 Å². The Labute approximate surface area is 94.9 Å². The predicted molar refractivity (Wildman–Crippen MR) is 52.1 cm³/mol. The Morgan fingerprint density at radius 1 is 1.06 bits per heavy atom. The highest BCUT2D eigenvalue weighted by molar-refractivity contribution is 5.96. The molecule has 0 amide bonds. The van der Waals surface area contributed by atoms with Crippen LogP contribution in [-0.4, -0.2) is 16.9 Å². The molecular weight excluding hydrogens is 237 g/mol. The summed E-state index contributed by atoms with van der Waals surface area (Å²) in [6.07, 6.45) is -0.591. The number of ketones is 1. The average molecular weight is 246 g/mol. The molecule has 1 rings (SSSR count). The Hall–Kier alpha value is -1.85. The molecule has 0 radical (unpaired) electrons. The molecule has 0 heterocycles. The topological polar surface area (TPSA) is 54.4 Å². The maximum absolute atomic E-state index is 13.1. The first kappa shape index (κ1) is 13.2. The molecule has 17 heavy (non-hydrogen) atoms. The number of halogens is 3. The predicted octanol–water partition coefficient (Wildman–Crippen LogP) is 2.54. The molecule has 0 atom stereocenters. The van der Waals surface area contributed by atoms with E-state index in [0.29, 0.717) is 12.1 Å². The quantitative estimate of drug-likeness (QED) is 0.812. The van der Waals surface area contributed by atoms with Crippen LogP contribution in [0.4, 0.5) is 13.2 Å². The summed E-state index contributed by atoms with van der Waals surface area (Å²) in [5, 5.41) is 8.33. The molecule has 0 fully saturated rings. The molecular formula is C11H9F3O3. The number of carboxylic acids is 1. The fraction of sp³-hybridized carbons (Fsp3) is 0.273. The Balaban J connectivity index is 2.79. The van der Waals surface area contributed by atoms with Gasteiger partial charge in [-0.1, -0.05) is 0 Å². The normalized spacial score (nSPS) is 10.3. The van der Waals surface area contributed by atoms with Crippen molar-refractivity contribution in [2.75, 3.05) is 0 Å². The summed E-state index contributed by atoms with van der Waals surface area (Å²) in [6.45, 7) is 0. The summed E-state index contributed by atoms with van der Waals surface area (Å²) in [5.74, 6) is -5.63. The molecule has 1 aromatic carbocycles. The van der Waals surface area contributed by atoms with Gasteiger partial charge in [-0.3, -0.25) is 9.59 Å². The summed E-state index contributed by atoms with van der Waals surface area (Å²) >= 11 is 0. The Morgan fingerprint density at radius 2 is 1.59 bits per heavy atom. The standard InChI is InChI=1S/C11H9F3O3/c12-6-4-7(13)11(8(14)5-6)9(15)2-1-3-10(16)17/h4-5H,1-3H2,(H,16,17). The van der Waals surface area contributed by atoms with E-state index in [2.05, 4.69) is 0 Å². The van der Waals surface area contributed by atoms with Gasteiger partial charge in [-0.2, -0.15) is 0 Å². The smallest absolute Gasteiger partial charge is 0.303 e. The van der Waals surface area contributed by atoms with E-state index in [4.69, 9.17) is 5.11 Å². The number of carbonyl (C=O) groups is 2. The van der Waals surface area contributed by atoms with Gasteiger partial charge in [0.2, 0.25) is 0 Å². The SMILES string of the molecule is O=C(O)CCCC(=O)c1c(F)cc(F)cc1F. The van der Waals surface area contributed by atoms with Crippen molar-refractivity contribution < 1.29 is 27.9 Å². The number of rotatable bonds is 5. The van der Waals surface area contributed by atoms with Gasteiger partial charge in [0.1, 0.15) is 17.5 Å². The highest BCUT2D eigenvalue weighted by Gasteiger charge is 2.18. The van der Waals surface area contributed by atoms with Crippen LogP contribution in [0.2, 0.25) is 0 Å². The second-order valence-corrected chi connectivity index (χ2v) is 3.41. The Morgan fingerprint density at radius 3 is 2.06 bits per heavy atom. The minimum Gasteiger partial charge on any atom is -0.481 e. The summed E-state index contributed by atoms with van der Waals surface area (Å²) in [4.78, 5) is 21.6. The van der Waals surface area contributed by atoms with E-state index in [0.717, 1.165) is 0 Å². The van der Waals surface area contributed by atoms with Gasteiger partial charge in [0, 0.05) is 25.0 Å². The number of benzene rings is 1. The molecule has 0 aliphatic rings. The van der Waals surface area contributed by atoms with Crippen LogP contribution in [-0.2, 0) is 4.79 Å². The highest BCUT2D eigenvalue weighted by atomic mass is 19.1. The van der Waals surface area contributed by atoms with E-state index < -0.39 is 34.8 Å². The Bertz CT molecular complexity index is 434. The molecule has 6 heteroatoms. The van der Waals surface area contributed by atoms with Crippen LogP contribution in [0.1, 0.15) is 29.6 Å². The molecule has 0 unspecified atom stereocenters. The van der Waals surface area contributed by atoms with Crippen LogP contribution in [0, 0.1) is 17.5 Å². The first-order chi connectivity index (χ1) is 7.91. The van der Waals surface area contributed by atoms with Crippen molar-refractivity contribution in [3.63, 3.8) is 0 Å². The van der Waals surface area contributed by atoms with Crippen molar-refractivity contribution in [3.05, 3.63) is 35.1 Å². The fourth-order valence-corrected chi connectivity index (χ4v) is 1.33. The van der Waals surface area contributed by atoms with Crippen LogP contribution >= 0.6 is 0 Å². The first-order valence-electron chi connectivity index (χ1n) is 4.81. The molecule has 3 nitrogen and oxygen atoms in total. The largest absolute Gasteiger partial charge is 0.481 e. The number of Topliss-reactive ketones (excluding diaryl/α,β-unsaturated/α-hetero) is 1. The fourth-order valence-electron chi connectivity index (χ4n) is 1.33. The van der Waals surface area contributed by atoms with E-state index in [9.17, 15) is 22.8 Å². The van der Waals surface area contributed by atoms with Gasteiger partial charge in [-0.25, -0.2) is 13.2 Å². The van der Waals surface area contributed by atoms with E-state index in [1.165, 1.54) is 0 Å². The van der Waals surface area contributed by atoms with E-state index >= 15 is 0 Å². The Kier molecular flexibility index (Phi) is 4.25. The van der Waals surface area contributed by atoms with E-state index in [1.807, 2.05) is 0 Å². The maximum Gasteiger partial charge on any atom is 0.303 e. The van der Waals surface area contributed by atoms with Crippen molar-refractivity contribution >= 4 is 11.8 Å². The number of carboxylic acid groups (broad SMARTS) is 1. The van der Waals surface area contributed by atoms with Crippen molar-refractivity contribution in [3.8, 4) is 0 Å². The van der Waals surface area contributed by atoms with Gasteiger partial charge in [-0.15, -0.1) is 0 Å². The lowest BCUT2D eigenvalue weighted by molar-refractivity contribution is -0.137. The lowest BCUT2D eigenvalue weighted by atomic mass is 10.0. The van der Waals surface area contributed by atoms with Gasteiger partial charge >= 0.3 is 5.97 Å². The number of aliphatic carboxylic acids is 1. The van der Waals surface area contributed by atoms with Crippen LogP contribution < -0.4 is 0 Å². The number of hydrogen-bond donors (Lipinski definition) is 1. The van der Waals surface area contributed by atoms with Crippen molar-refractivity contribution in [1.82, 2.24) is 0 Å². The van der Waals surface area contributed by atoms with Crippen molar-refractivity contribution in [2.45, 2.75) is 19.3 Å². The zero-order chi connectivity index (χ0) is 13.0. The second-order valence-electron chi connectivity index (χ2n) is 3.41. The van der Waals surface area contributed by atoms with E-state index in [1.54, 1.807) is 0 Å². The first-order valence-corrected chi connectivity index (χ1v) is 4.81. The zero-order valence-electron chi connectivity index (χ0n) is 8.67. The lowest BCUT2D eigenvalue weighted by Crippen LogP contribution is -2.07. The van der Waals surface area contributed by atoms with Gasteiger partial charge in [0.15, 0.2) is 5.78 Å². The molecule has 0 saturated heterocycles. The van der Waals surface area contributed by atoms with Crippen LogP contribution in [0.3, 0.4) is 0 Å². The third-order valence-corrected chi connectivity index (χ3v) is 2.08. The average Bonchev–Trinajstić information content (AvgIpc) is 2.14. The molecule has 0 aliphatic carbocycles. The molecule has 92 valence electrons. The summed E-state index contributed by atoms with van der Waals surface area (Å²) in [5.41, 5.74) is -0.822. The third-order valence-electron chi connectivity index (χ3n) is 2.08. The third kappa shape index (κ3) is 3.58. The molecule has 0 spiro atoms.